The Kier molecular flexibility index (Phi) is 4.84. The summed E-state index contributed by atoms with van der Waals surface area (Å²) in [5.74, 6) is 0.359. The minimum Gasteiger partial charge on any atom is -0.369 e. The molecular weight excluding hydrogens is 360 g/mol. The number of anilines is 2. The van der Waals surface area contributed by atoms with Crippen molar-refractivity contribution in [2.24, 2.45) is 0 Å². The van der Waals surface area contributed by atoms with E-state index in [-0.39, 0.29) is 10.8 Å². The van der Waals surface area contributed by atoms with Crippen LogP contribution in [0.1, 0.15) is 19.0 Å². The monoisotopic (exact) mass is 374 g/mol. The van der Waals surface area contributed by atoms with Gasteiger partial charge in [-0.25, -0.2) is 18.1 Å². The van der Waals surface area contributed by atoms with Crippen molar-refractivity contribution in [2.45, 2.75) is 25.2 Å². The Hall–Kier alpha value is -1.61. The quantitative estimate of drug-likeness (QED) is 0.806. The first-order chi connectivity index (χ1) is 9.92. The summed E-state index contributed by atoms with van der Waals surface area (Å²) >= 11 is 3.23. The van der Waals surface area contributed by atoms with E-state index in [0.717, 1.165) is 6.42 Å². The molecule has 0 saturated heterocycles. The van der Waals surface area contributed by atoms with Crippen molar-refractivity contribution in [3.8, 4) is 0 Å². The van der Waals surface area contributed by atoms with Crippen molar-refractivity contribution < 1.29 is 12.9 Å². The van der Waals surface area contributed by atoms with Crippen LogP contribution in [0.5, 0.6) is 0 Å². The molecule has 0 saturated carbocycles. The number of nitrogens with zero attached hydrogens (tertiary/aromatic N) is 2. The van der Waals surface area contributed by atoms with Gasteiger partial charge in [0, 0.05) is 23.3 Å². The smallest absolute Gasteiger partial charge is 0.267 e. The van der Waals surface area contributed by atoms with Crippen LogP contribution in [-0.2, 0) is 10.0 Å². The van der Waals surface area contributed by atoms with Crippen molar-refractivity contribution >= 4 is 37.7 Å². The second kappa shape index (κ2) is 6.44. The molecule has 0 spiro atoms. The molecule has 0 fully saturated rings. The number of pyridine rings is 1. The van der Waals surface area contributed by atoms with Gasteiger partial charge in [-0.2, -0.15) is 0 Å². The molecule has 0 aliphatic rings. The summed E-state index contributed by atoms with van der Waals surface area (Å²) in [4.78, 5) is 4.15. The highest BCUT2D eigenvalue weighted by Gasteiger charge is 2.22. The first kappa shape index (κ1) is 15.8. The first-order valence-electron chi connectivity index (χ1n) is 6.28. The second-order valence-corrected chi connectivity index (χ2v) is 6.93. The van der Waals surface area contributed by atoms with E-state index in [2.05, 4.69) is 36.1 Å². The largest absolute Gasteiger partial charge is 0.369 e. The molecule has 0 amide bonds. The molecule has 0 radical (unpaired) electrons. The SMILES string of the molecule is CCCNc1ncc(Br)cc1S(=O)(=O)Nc1cc(C)no1. The van der Waals surface area contributed by atoms with Gasteiger partial charge in [-0.3, -0.25) is 0 Å². The van der Waals surface area contributed by atoms with Gasteiger partial charge in [0.2, 0.25) is 5.88 Å². The van der Waals surface area contributed by atoms with Gasteiger partial charge in [-0.05, 0) is 35.3 Å². The zero-order valence-corrected chi connectivity index (χ0v) is 14.0. The maximum atomic E-state index is 12.4. The molecule has 0 aliphatic carbocycles. The second-order valence-electron chi connectivity index (χ2n) is 4.37. The van der Waals surface area contributed by atoms with Gasteiger partial charge >= 0.3 is 0 Å². The molecule has 0 aromatic carbocycles. The van der Waals surface area contributed by atoms with Gasteiger partial charge in [0.25, 0.3) is 10.0 Å². The number of aryl methyl sites for hydroxylation is 1. The third-order valence-electron chi connectivity index (χ3n) is 2.51. The molecule has 2 aromatic heterocycles. The lowest BCUT2D eigenvalue weighted by Crippen LogP contribution is -2.16. The molecule has 0 bridgehead atoms. The molecule has 2 rings (SSSR count). The normalized spacial score (nSPS) is 11.4. The molecule has 9 heteroatoms. The molecular formula is C12H15BrN4O3S. The lowest BCUT2D eigenvalue weighted by molar-refractivity contribution is 0.430. The Morgan fingerprint density at radius 1 is 1.38 bits per heavy atom. The maximum Gasteiger partial charge on any atom is 0.267 e. The van der Waals surface area contributed by atoms with Crippen molar-refractivity contribution in [1.29, 1.82) is 0 Å². The number of nitrogens with one attached hydrogen (secondary N) is 2. The van der Waals surface area contributed by atoms with E-state index in [9.17, 15) is 8.42 Å². The number of hydrogen-bond acceptors (Lipinski definition) is 6. The lowest BCUT2D eigenvalue weighted by atomic mass is 10.4. The third-order valence-corrected chi connectivity index (χ3v) is 4.31. The standard InChI is InChI=1S/C12H15BrN4O3S/c1-3-4-14-12-10(6-9(13)7-15-12)21(18,19)17-11-5-8(2)16-20-11/h5-7,17H,3-4H2,1-2H3,(H,14,15). The highest BCUT2D eigenvalue weighted by molar-refractivity contribution is 9.10. The van der Waals surface area contributed by atoms with E-state index in [0.29, 0.717) is 22.5 Å². The minimum atomic E-state index is -3.82. The highest BCUT2D eigenvalue weighted by Crippen LogP contribution is 2.25. The van der Waals surface area contributed by atoms with Gasteiger partial charge in [-0.15, -0.1) is 0 Å². The predicted octanol–water partition coefficient (Wildman–Crippen LogP) is 2.76. The van der Waals surface area contributed by atoms with Crippen molar-refractivity contribution in [3.63, 3.8) is 0 Å². The fourth-order valence-electron chi connectivity index (χ4n) is 1.60. The van der Waals surface area contributed by atoms with E-state index in [1.54, 1.807) is 6.92 Å². The summed E-state index contributed by atoms with van der Waals surface area (Å²) in [6.07, 6.45) is 2.39. The number of hydrogen-bond donors (Lipinski definition) is 2. The zero-order valence-electron chi connectivity index (χ0n) is 11.6. The molecule has 2 aromatic rings. The van der Waals surface area contributed by atoms with E-state index in [1.165, 1.54) is 18.3 Å². The molecule has 7 nitrogen and oxygen atoms in total. The fourth-order valence-corrected chi connectivity index (χ4v) is 3.22. The molecule has 2 heterocycles. The summed E-state index contributed by atoms with van der Waals surface area (Å²) < 4.78 is 32.7. The predicted molar refractivity (Wildman–Crippen MR) is 82.8 cm³/mol. The van der Waals surface area contributed by atoms with E-state index < -0.39 is 10.0 Å². The Labute approximate surface area is 131 Å². The highest BCUT2D eigenvalue weighted by atomic mass is 79.9. The molecule has 21 heavy (non-hydrogen) atoms. The van der Waals surface area contributed by atoms with Crippen LogP contribution in [0.3, 0.4) is 0 Å². The zero-order chi connectivity index (χ0) is 15.5. The van der Waals surface area contributed by atoms with Gasteiger partial charge in [-0.1, -0.05) is 12.1 Å². The van der Waals surface area contributed by atoms with Crippen molar-refractivity contribution in [1.82, 2.24) is 10.1 Å². The average Bonchev–Trinajstić information content (AvgIpc) is 2.82. The number of sulfonamides is 1. The Morgan fingerprint density at radius 3 is 2.76 bits per heavy atom. The number of halogens is 1. The van der Waals surface area contributed by atoms with Gasteiger partial charge < -0.3 is 9.84 Å². The van der Waals surface area contributed by atoms with Crippen molar-refractivity contribution in [2.75, 3.05) is 16.6 Å². The number of aromatic nitrogens is 2. The summed E-state index contributed by atoms with van der Waals surface area (Å²) in [7, 11) is -3.82. The van der Waals surface area contributed by atoms with Gasteiger partial charge in [0.15, 0.2) is 0 Å². The van der Waals surface area contributed by atoms with Crippen LogP contribution in [0, 0.1) is 6.92 Å². The Morgan fingerprint density at radius 2 is 2.14 bits per heavy atom. The molecule has 0 atom stereocenters. The van der Waals surface area contributed by atoms with Crippen LogP contribution in [0.15, 0.2) is 32.2 Å². The van der Waals surface area contributed by atoms with E-state index in [1.807, 2.05) is 6.92 Å². The minimum absolute atomic E-state index is 0.0411. The maximum absolute atomic E-state index is 12.4. The van der Waals surface area contributed by atoms with Gasteiger partial charge in [0.1, 0.15) is 10.7 Å². The molecule has 0 unspecified atom stereocenters. The average molecular weight is 375 g/mol. The summed E-state index contributed by atoms with van der Waals surface area (Å²) in [5, 5.41) is 6.63. The van der Waals surface area contributed by atoms with Gasteiger partial charge in [0.05, 0.1) is 5.69 Å². The molecule has 0 aliphatic heterocycles. The Balaban J connectivity index is 2.35. The number of rotatable bonds is 6. The molecule has 114 valence electrons. The topological polar surface area (TPSA) is 97.1 Å². The van der Waals surface area contributed by atoms with E-state index in [4.69, 9.17) is 4.52 Å². The summed E-state index contributed by atoms with van der Waals surface area (Å²) in [6.45, 7) is 4.31. The van der Waals surface area contributed by atoms with E-state index >= 15 is 0 Å². The fraction of sp³-hybridized carbons (Fsp3) is 0.333. The first-order valence-corrected chi connectivity index (χ1v) is 8.55. The van der Waals surface area contributed by atoms with Crippen LogP contribution in [0.2, 0.25) is 0 Å². The summed E-state index contributed by atoms with van der Waals surface area (Å²) in [5.41, 5.74) is 0.587. The van der Waals surface area contributed by atoms with Crippen LogP contribution in [-0.4, -0.2) is 25.1 Å². The molecule has 2 N–H and O–H groups in total. The lowest BCUT2D eigenvalue weighted by Gasteiger charge is -2.11. The Bertz CT molecular complexity index is 730. The van der Waals surface area contributed by atoms with Crippen molar-refractivity contribution in [3.05, 3.63) is 28.5 Å². The summed E-state index contributed by atoms with van der Waals surface area (Å²) in [6, 6.07) is 2.98. The van der Waals surface area contributed by atoms with Crippen LogP contribution >= 0.6 is 15.9 Å². The van der Waals surface area contributed by atoms with Crippen LogP contribution in [0.25, 0.3) is 0 Å². The van der Waals surface area contributed by atoms with Crippen LogP contribution in [0.4, 0.5) is 11.7 Å². The van der Waals surface area contributed by atoms with Crippen LogP contribution < -0.4 is 10.0 Å². The third kappa shape index (κ3) is 3.94.